The van der Waals surface area contributed by atoms with E-state index < -0.39 is 11.4 Å². The minimum Gasteiger partial charge on any atom is -0.481 e. The fraction of sp³-hybridized carbons (Fsp3) is 0.750. The second kappa shape index (κ2) is 6.60. The number of carboxylic acid groups (broad SMARTS) is 1. The Labute approximate surface area is 135 Å². The summed E-state index contributed by atoms with van der Waals surface area (Å²) in [5, 5.41) is 9.85. The van der Waals surface area contributed by atoms with Gasteiger partial charge in [0.1, 0.15) is 0 Å². The van der Waals surface area contributed by atoms with Gasteiger partial charge in [-0.15, -0.1) is 6.58 Å². The summed E-state index contributed by atoms with van der Waals surface area (Å²) in [6, 6.07) is 0. The van der Waals surface area contributed by atoms with Gasteiger partial charge in [-0.05, 0) is 76.0 Å². The Bertz CT molecular complexity index is 464. The van der Waals surface area contributed by atoms with Crippen LogP contribution in [0.3, 0.4) is 0 Å². The molecule has 0 bridgehead atoms. The Morgan fingerprint density at radius 3 is 2.73 bits per heavy atom. The Morgan fingerprint density at radius 2 is 2.14 bits per heavy atom. The number of carboxylic acids is 1. The van der Waals surface area contributed by atoms with Crippen LogP contribution < -0.4 is 0 Å². The van der Waals surface area contributed by atoms with Gasteiger partial charge in [-0.3, -0.25) is 4.79 Å². The van der Waals surface area contributed by atoms with Crippen molar-refractivity contribution < 1.29 is 9.90 Å². The van der Waals surface area contributed by atoms with Gasteiger partial charge in [0.05, 0.1) is 5.41 Å². The van der Waals surface area contributed by atoms with Crippen molar-refractivity contribution in [3.8, 4) is 0 Å². The average Bonchev–Trinajstić information content (AvgIpc) is 2.48. The van der Waals surface area contributed by atoms with Crippen LogP contribution in [0.5, 0.6) is 0 Å². The van der Waals surface area contributed by atoms with E-state index in [-0.39, 0.29) is 5.41 Å². The molecule has 0 heterocycles. The lowest BCUT2D eigenvalue weighted by Gasteiger charge is -2.57. The van der Waals surface area contributed by atoms with Gasteiger partial charge in [0.25, 0.3) is 0 Å². The zero-order valence-electron chi connectivity index (χ0n) is 14.5. The number of carbonyl (C=O) groups is 1. The van der Waals surface area contributed by atoms with E-state index in [0.29, 0.717) is 11.8 Å². The lowest BCUT2D eigenvalue weighted by molar-refractivity contribution is -0.164. The monoisotopic (exact) mass is 304 g/mol. The number of hydrogen-bond donors (Lipinski definition) is 1. The third-order valence-corrected chi connectivity index (χ3v) is 6.70. The van der Waals surface area contributed by atoms with Crippen LogP contribution in [0.4, 0.5) is 0 Å². The molecule has 22 heavy (non-hydrogen) atoms. The minimum atomic E-state index is -0.586. The number of allylic oxidation sites excluding steroid dienone is 3. The van der Waals surface area contributed by atoms with E-state index in [1.54, 1.807) is 5.57 Å². The van der Waals surface area contributed by atoms with Crippen molar-refractivity contribution in [3.63, 3.8) is 0 Å². The summed E-state index contributed by atoms with van der Waals surface area (Å²) >= 11 is 0. The van der Waals surface area contributed by atoms with E-state index >= 15 is 0 Å². The summed E-state index contributed by atoms with van der Waals surface area (Å²) in [7, 11) is 0. The third-order valence-electron chi connectivity index (χ3n) is 6.70. The molecule has 0 aliphatic heterocycles. The number of hydrogen-bond acceptors (Lipinski definition) is 1. The molecular weight excluding hydrogens is 272 g/mol. The molecule has 2 rings (SSSR count). The minimum absolute atomic E-state index is 0.145. The molecule has 0 aromatic rings. The Hall–Kier alpha value is -1.05. The lowest BCUT2D eigenvalue weighted by atomic mass is 9.46. The van der Waals surface area contributed by atoms with Crippen LogP contribution in [-0.4, -0.2) is 11.1 Å². The molecule has 0 amide bonds. The van der Waals surface area contributed by atoms with Crippen LogP contribution in [-0.2, 0) is 4.79 Å². The van der Waals surface area contributed by atoms with E-state index in [9.17, 15) is 9.90 Å². The number of fused-ring (bicyclic) bond motifs is 1. The average molecular weight is 304 g/mol. The molecule has 1 N–H and O–H groups in total. The fourth-order valence-electron chi connectivity index (χ4n) is 5.47. The highest BCUT2D eigenvalue weighted by Gasteiger charge is 2.57. The van der Waals surface area contributed by atoms with E-state index in [0.717, 1.165) is 38.5 Å². The first kappa shape index (κ1) is 17.3. The van der Waals surface area contributed by atoms with E-state index in [4.69, 9.17) is 0 Å². The summed E-state index contributed by atoms with van der Waals surface area (Å²) in [5.41, 5.74) is 1.17. The predicted octanol–water partition coefficient (Wildman–Crippen LogP) is 5.60. The van der Waals surface area contributed by atoms with Gasteiger partial charge >= 0.3 is 5.97 Å². The van der Waals surface area contributed by atoms with E-state index in [1.807, 2.05) is 13.0 Å². The summed E-state index contributed by atoms with van der Waals surface area (Å²) < 4.78 is 0. The number of unbranched alkanes of at least 4 members (excludes halogenated alkanes) is 1. The van der Waals surface area contributed by atoms with Crippen LogP contribution in [0.25, 0.3) is 0 Å². The maximum absolute atomic E-state index is 12.0. The number of aliphatic carboxylic acids is 1. The summed E-state index contributed by atoms with van der Waals surface area (Å²) in [6.07, 6.45) is 12.9. The summed E-state index contributed by atoms with van der Waals surface area (Å²) in [4.78, 5) is 12.0. The molecule has 2 heteroatoms. The Morgan fingerprint density at radius 1 is 1.41 bits per heavy atom. The first-order valence-corrected chi connectivity index (χ1v) is 8.89. The molecule has 0 spiro atoms. The van der Waals surface area contributed by atoms with Gasteiger partial charge in [-0.2, -0.15) is 0 Å². The first-order valence-electron chi connectivity index (χ1n) is 8.89. The van der Waals surface area contributed by atoms with Gasteiger partial charge < -0.3 is 5.11 Å². The molecule has 2 aliphatic rings. The van der Waals surface area contributed by atoms with Crippen LogP contribution in [0.1, 0.15) is 72.1 Å². The molecule has 4 atom stereocenters. The summed E-state index contributed by atoms with van der Waals surface area (Å²) in [5.74, 6) is 0.274. The topological polar surface area (TPSA) is 37.3 Å². The van der Waals surface area contributed by atoms with E-state index in [1.165, 1.54) is 12.8 Å². The fourth-order valence-corrected chi connectivity index (χ4v) is 5.47. The number of rotatable bonds is 5. The van der Waals surface area contributed by atoms with Crippen molar-refractivity contribution in [1.82, 2.24) is 0 Å². The molecule has 2 saturated carbocycles. The maximum atomic E-state index is 12.0. The lowest BCUT2D eigenvalue weighted by Crippen LogP contribution is -2.53. The van der Waals surface area contributed by atoms with Crippen molar-refractivity contribution in [2.45, 2.75) is 72.1 Å². The van der Waals surface area contributed by atoms with Crippen LogP contribution in [0, 0.1) is 22.7 Å². The van der Waals surface area contributed by atoms with Gasteiger partial charge in [0.2, 0.25) is 0 Å². The zero-order chi connectivity index (χ0) is 16.4. The Balaban J connectivity index is 2.33. The molecule has 0 saturated heterocycles. The second-order valence-electron chi connectivity index (χ2n) is 7.81. The van der Waals surface area contributed by atoms with Crippen LogP contribution in [0.2, 0.25) is 0 Å². The van der Waals surface area contributed by atoms with E-state index in [2.05, 4.69) is 26.5 Å². The van der Waals surface area contributed by atoms with Crippen LogP contribution in [0.15, 0.2) is 24.3 Å². The first-order chi connectivity index (χ1) is 10.4. The standard InChI is InChI=1S/C20H32O2/c1-5-7-8-10-16-15(6-2)11-12-17-19(16,3)13-9-14-20(17,4)18(21)22/h5-6,16-17H,1,7-14H2,2-4H3,(H,21,22)/b15-6-/t16-,17+,19+,20-/m1/s1. The van der Waals surface area contributed by atoms with Crippen molar-refractivity contribution in [2.24, 2.45) is 22.7 Å². The van der Waals surface area contributed by atoms with Crippen molar-refractivity contribution in [3.05, 3.63) is 24.3 Å². The molecule has 0 unspecified atom stereocenters. The molecule has 0 aromatic carbocycles. The molecule has 2 nitrogen and oxygen atoms in total. The van der Waals surface area contributed by atoms with Crippen molar-refractivity contribution in [2.75, 3.05) is 0 Å². The largest absolute Gasteiger partial charge is 0.481 e. The van der Waals surface area contributed by atoms with Gasteiger partial charge in [0.15, 0.2) is 0 Å². The summed E-state index contributed by atoms with van der Waals surface area (Å²) in [6.45, 7) is 10.4. The van der Waals surface area contributed by atoms with Gasteiger partial charge in [0, 0.05) is 0 Å². The zero-order valence-corrected chi connectivity index (χ0v) is 14.5. The highest BCUT2D eigenvalue weighted by molar-refractivity contribution is 5.75. The SMILES string of the molecule is C=CCCC[C@@H]1/C(=C\C)CC[C@H]2[C@@]1(C)CCC[C@@]2(C)C(=O)O. The molecule has 124 valence electrons. The normalized spacial score (nSPS) is 40.2. The van der Waals surface area contributed by atoms with Crippen molar-refractivity contribution in [1.29, 1.82) is 0 Å². The molecule has 2 fully saturated rings. The molecule has 2 aliphatic carbocycles. The van der Waals surface area contributed by atoms with Gasteiger partial charge in [-0.25, -0.2) is 0 Å². The van der Waals surface area contributed by atoms with Gasteiger partial charge in [-0.1, -0.05) is 31.1 Å². The quantitative estimate of drug-likeness (QED) is 0.530. The van der Waals surface area contributed by atoms with Crippen molar-refractivity contribution >= 4 is 5.97 Å². The van der Waals surface area contributed by atoms with Crippen LogP contribution >= 0.6 is 0 Å². The predicted molar refractivity (Wildman–Crippen MR) is 91.7 cm³/mol. The highest BCUT2D eigenvalue weighted by Crippen LogP contribution is 2.62. The maximum Gasteiger partial charge on any atom is 0.309 e. The third kappa shape index (κ3) is 2.77. The second-order valence-corrected chi connectivity index (χ2v) is 7.81. The highest BCUT2D eigenvalue weighted by atomic mass is 16.4. The Kier molecular flexibility index (Phi) is 5.19. The molecule has 0 aromatic heterocycles. The molecular formula is C20H32O2. The molecule has 0 radical (unpaired) electrons. The smallest absolute Gasteiger partial charge is 0.309 e.